The molecule has 6 nitrogen and oxygen atoms in total. The maximum absolute atomic E-state index is 12.8. The zero-order chi connectivity index (χ0) is 21.7. The minimum atomic E-state index is -0.207. The van der Waals surface area contributed by atoms with Crippen LogP contribution in [0.2, 0.25) is 0 Å². The van der Waals surface area contributed by atoms with E-state index in [9.17, 15) is 9.59 Å². The van der Waals surface area contributed by atoms with Crippen molar-refractivity contribution in [2.24, 2.45) is 5.92 Å². The molecule has 2 amide bonds. The van der Waals surface area contributed by atoms with Crippen LogP contribution in [0.3, 0.4) is 0 Å². The fourth-order valence-electron chi connectivity index (χ4n) is 3.23. The van der Waals surface area contributed by atoms with E-state index >= 15 is 0 Å². The first-order valence-electron chi connectivity index (χ1n) is 10.2. The molecule has 2 N–H and O–H groups in total. The van der Waals surface area contributed by atoms with Crippen molar-refractivity contribution in [1.29, 1.82) is 0 Å². The largest absolute Gasteiger partial charge is 0.326 e. The minimum Gasteiger partial charge on any atom is -0.326 e. The van der Waals surface area contributed by atoms with Gasteiger partial charge in [0.25, 0.3) is 5.91 Å². The summed E-state index contributed by atoms with van der Waals surface area (Å²) in [6, 6.07) is 15.2. The summed E-state index contributed by atoms with van der Waals surface area (Å²) in [4.78, 5) is 24.7. The summed E-state index contributed by atoms with van der Waals surface area (Å²) in [6.45, 7) is 8.05. The molecule has 0 bridgehead atoms. The maximum atomic E-state index is 12.8. The summed E-state index contributed by atoms with van der Waals surface area (Å²) in [5, 5.41) is 10.2. The molecule has 2 aromatic carbocycles. The molecule has 0 aliphatic carbocycles. The Hall–Kier alpha value is -3.41. The summed E-state index contributed by atoms with van der Waals surface area (Å²) >= 11 is 0. The van der Waals surface area contributed by atoms with Crippen molar-refractivity contribution in [3.05, 3.63) is 71.5 Å². The van der Waals surface area contributed by atoms with Gasteiger partial charge < -0.3 is 10.6 Å². The molecule has 0 fully saturated rings. The van der Waals surface area contributed by atoms with Crippen molar-refractivity contribution in [2.75, 3.05) is 10.6 Å². The average Bonchev–Trinajstić information content (AvgIpc) is 3.13. The van der Waals surface area contributed by atoms with E-state index in [-0.39, 0.29) is 11.8 Å². The SMILES string of the molecule is CCc1c(C(=O)Nc2ccc(NC(=O)CC(C)C)cc2)cnn1-c1ccc(C)cc1. The highest BCUT2D eigenvalue weighted by Crippen LogP contribution is 2.19. The van der Waals surface area contributed by atoms with Crippen LogP contribution in [-0.2, 0) is 11.2 Å². The number of benzene rings is 2. The molecule has 1 heterocycles. The van der Waals surface area contributed by atoms with Gasteiger partial charge in [-0.05, 0) is 55.7 Å². The number of aryl methyl sites for hydroxylation is 1. The van der Waals surface area contributed by atoms with E-state index in [2.05, 4.69) is 15.7 Å². The monoisotopic (exact) mass is 404 g/mol. The van der Waals surface area contributed by atoms with E-state index < -0.39 is 0 Å². The Kier molecular flexibility index (Phi) is 6.67. The second-order valence-corrected chi connectivity index (χ2v) is 7.78. The minimum absolute atomic E-state index is 0.0158. The molecule has 3 aromatic rings. The number of anilines is 2. The highest BCUT2D eigenvalue weighted by Gasteiger charge is 2.17. The molecular formula is C24H28N4O2. The van der Waals surface area contributed by atoms with Gasteiger partial charge in [-0.25, -0.2) is 4.68 Å². The number of aromatic nitrogens is 2. The highest BCUT2D eigenvalue weighted by atomic mass is 16.2. The normalized spacial score (nSPS) is 10.8. The van der Waals surface area contributed by atoms with Crippen molar-refractivity contribution >= 4 is 23.2 Å². The number of hydrogen-bond donors (Lipinski definition) is 2. The molecule has 0 saturated heterocycles. The van der Waals surface area contributed by atoms with Crippen LogP contribution in [0.5, 0.6) is 0 Å². The molecule has 0 atom stereocenters. The smallest absolute Gasteiger partial charge is 0.259 e. The zero-order valence-electron chi connectivity index (χ0n) is 17.9. The lowest BCUT2D eigenvalue weighted by molar-refractivity contribution is -0.116. The number of amides is 2. The van der Waals surface area contributed by atoms with Crippen LogP contribution in [0.4, 0.5) is 11.4 Å². The Morgan fingerprint density at radius 1 is 0.967 bits per heavy atom. The summed E-state index contributed by atoms with van der Waals surface area (Å²) in [5.74, 6) is 0.0804. The van der Waals surface area contributed by atoms with E-state index in [1.165, 1.54) is 5.56 Å². The van der Waals surface area contributed by atoms with Crippen LogP contribution in [0, 0.1) is 12.8 Å². The number of rotatable bonds is 7. The third-order valence-corrected chi connectivity index (χ3v) is 4.75. The van der Waals surface area contributed by atoms with Gasteiger partial charge in [-0.1, -0.05) is 38.5 Å². The number of hydrogen-bond acceptors (Lipinski definition) is 3. The van der Waals surface area contributed by atoms with Crippen LogP contribution in [-0.4, -0.2) is 21.6 Å². The van der Waals surface area contributed by atoms with Crippen molar-refractivity contribution < 1.29 is 9.59 Å². The van der Waals surface area contributed by atoms with Crippen molar-refractivity contribution in [1.82, 2.24) is 9.78 Å². The highest BCUT2D eigenvalue weighted by molar-refractivity contribution is 6.05. The molecule has 0 aliphatic rings. The van der Waals surface area contributed by atoms with Crippen molar-refractivity contribution in [2.45, 2.75) is 40.5 Å². The Morgan fingerprint density at radius 3 is 2.13 bits per heavy atom. The third kappa shape index (κ3) is 5.14. The van der Waals surface area contributed by atoms with Crippen molar-refractivity contribution in [3.63, 3.8) is 0 Å². The summed E-state index contributed by atoms with van der Waals surface area (Å²) in [5.41, 5.74) is 4.87. The molecule has 0 spiro atoms. The lowest BCUT2D eigenvalue weighted by atomic mass is 10.1. The average molecular weight is 405 g/mol. The topological polar surface area (TPSA) is 76.0 Å². The molecule has 6 heteroatoms. The first kappa shape index (κ1) is 21.3. The molecular weight excluding hydrogens is 376 g/mol. The molecule has 0 aliphatic heterocycles. The predicted octanol–water partition coefficient (Wildman–Crippen LogP) is 4.98. The first-order valence-corrected chi connectivity index (χ1v) is 10.2. The maximum Gasteiger partial charge on any atom is 0.259 e. The van der Waals surface area contributed by atoms with Gasteiger partial charge in [0.1, 0.15) is 0 Å². The fraction of sp³-hybridized carbons (Fsp3) is 0.292. The van der Waals surface area contributed by atoms with Gasteiger partial charge in [0, 0.05) is 17.8 Å². The van der Waals surface area contributed by atoms with Crippen LogP contribution in [0.1, 0.15) is 48.8 Å². The van der Waals surface area contributed by atoms with Gasteiger partial charge in [-0.2, -0.15) is 5.10 Å². The summed E-state index contributed by atoms with van der Waals surface area (Å²) in [6.07, 6.45) is 2.76. The number of carbonyl (C=O) groups is 2. The lowest BCUT2D eigenvalue weighted by Crippen LogP contribution is -2.15. The van der Waals surface area contributed by atoms with Crippen molar-refractivity contribution in [3.8, 4) is 5.69 Å². The Balaban J connectivity index is 1.72. The van der Waals surface area contributed by atoms with Crippen LogP contribution >= 0.6 is 0 Å². The molecule has 1 aromatic heterocycles. The van der Waals surface area contributed by atoms with Crippen LogP contribution in [0.25, 0.3) is 5.69 Å². The number of nitrogens with zero attached hydrogens (tertiary/aromatic N) is 2. The van der Waals surface area contributed by atoms with Gasteiger partial charge >= 0.3 is 0 Å². The molecule has 0 radical (unpaired) electrons. The second kappa shape index (κ2) is 9.39. The van der Waals surface area contributed by atoms with E-state index in [0.29, 0.717) is 35.7 Å². The van der Waals surface area contributed by atoms with E-state index in [4.69, 9.17) is 0 Å². The molecule has 30 heavy (non-hydrogen) atoms. The van der Waals surface area contributed by atoms with E-state index in [1.54, 1.807) is 30.5 Å². The Morgan fingerprint density at radius 2 is 1.57 bits per heavy atom. The van der Waals surface area contributed by atoms with Crippen LogP contribution < -0.4 is 10.6 Å². The molecule has 156 valence electrons. The Bertz CT molecular complexity index is 1020. The second-order valence-electron chi connectivity index (χ2n) is 7.78. The summed E-state index contributed by atoms with van der Waals surface area (Å²) < 4.78 is 1.81. The first-order chi connectivity index (χ1) is 14.4. The number of carbonyl (C=O) groups excluding carboxylic acids is 2. The third-order valence-electron chi connectivity index (χ3n) is 4.75. The van der Waals surface area contributed by atoms with Gasteiger partial charge in [0.15, 0.2) is 0 Å². The molecule has 3 rings (SSSR count). The van der Waals surface area contributed by atoms with Crippen LogP contribution in [0.15, 0.2) is 54.7 Å². The predicted molar refractivity (Wildman–Crippen MR) is 120 cm³/mol. The quantitative estimate of drug-likeness (QED) is 0.583. The van der Waals surface area contributed by atoms with Gasteiger partial charge in [0.2, 0.25) is 5.91 Å². The van der Waals surface area contributed by atoms with E-state index in [1.807, 2.05) is 56.6 Å². The standard InChI is InChI=1S/C24H28N4O2/c1-5-22-21(15-25-28(22)20-12-6-17(4)7-13-20)24(30)27-19-10-8-18(9-11-19)26-23(29)14-16(2)3/h6-13,15-16H,5,14H2,1-4H3,(H,26,29)(H,27,30). The lowest BCUT2D eigenvalue weighted by Gasteiger charge is -2.10. The number of nitrogens with one attached hydrogen (secondary N) is 2. The zero-order valence-corrected chi connectivity index (χ0v) is 17.9. The van der Waals surface area contributed by atoms with E-state index in [0.717, 1.165) is 11.4 Å². The van der Waals surface area contributed by atoms with Gasteiger partial charge in [-0.3, -0.25) is 9.59 Å². The van der Waals surface area contributed by atoms with Gasteiger partial charge in [0.05, 0.1) is 23.1 Å². The molecule has 0 saturated carbocycles. The fourth-order valence-corrected chi connectivity index (χ4v) is 3.23. The Labute approximate surface area is 177 Å². The van der Waals surface area contributed by atoms with Gasteiger partial charge in [-0.15, -0.1) is 0 Å². The molecule has 0 unspecified atom stereocenters. The summed E-state index contributed by atoms with van der Waals surface area (Å²) in [7, 11) is 0.